The molecular weight excluding hydrogens is 394 g/mol. The van der Waals surface area contributed by atoms with Gasteiger partial charge in [-0.25, -0.2) is 9.97 Å². The molecule has 0 aliphatic carbocycles. The lowest BCUT2D eigenvalue weighted by Crippen LogP contribution is -2.30. The minimum absolute atomic E-state index is 0.105. The SMILES string of the molecule is CN/C=C(\C=N)c1cc(Oc2ccc(-c3cnc4n(c3=O)CCCN4)nc2C)ccn1. The van der Waals surface area contributed by atoms with Gasteiger partial charge in [-0.2, -0.15) is 0 Å². The second-order valence-corrected chi connectivity index (χ2v) is 7.02. The van der Waals surface area contributed by atoms with Gasteiger partial charge >= 0.3 is 0 Å². The van der Waals surface area contributed by atoms with Gasteiger partial charge in [0, 0.05) is 56.6 Å². The molecule has 0 saturated carbocycles. The first-order valence-corrected chi connectivity index (χ1v) is 9.94. The van der Waals surface area contributed by atoms with Crippen LogP contribution < -0.4 is 20.9 Å². The fourth-order valence-electron chi connectivity index (χ4n) is 3.36. The highest BCUT2D eigenvalue weighted by atomic mass is 16.5. The van der Waals surface area contributed by atoms with Crippen LogP contribution in [0.1, 0.15) is 17.8 Å². The quantitative estimate of drug-likeness (QED) is 0.528. The predicted octanol–water partition coefficient (Wildman–Crippen LogP) is 2.83. The van der Waals surface area contributed by atoms with Crippen LogP contribution in [0.25, 0.3) is 16.8 Å². The van der Waals surface area contributed by atoms with Crippen molar-refractivity contribution in [1.82, 2.24) is 24.8 Å². The maximum absolute atomic E-state index is 12.9. The normalized spacial score (nSPS) is 13.2. The highest BCUT2D eigenvalue weighted by Crippen LogP contribution is 2.27. The Balaban J connectivity index is 1.62. The lowest BCUT2D eigenvalue weighted by Gasteiger charge is -2.19. The van der Waals surface area contributed by atoms with Crippen LogP contribution in [0.2, 0.25) is 0 Å². The number of hydrogen-bond acceptors (Lipinski definition) is 8. The van der Waals surface area contributed by atoms with Gasteiger partial charge in [0.1, 0.15) is 11.5 Å². The summed E-state index contributed by atoms with van der Waals surface area (Å²) in [6.45, 7) is 3.29. The van der Waals surface area contributed by atoms with E-state index in [-0.39, 0.29) is 5.56 Å². The summed E-state index contributed by atoms with van der Waals surface area (Å²) in [7, 11) is 1.76. The second-order valence-electron chi connectivity index (χ2n) is 7.02. The predicted molar refractivity (Wildman–Crippen MR) is 120 cm³/mol. The molecule has 4 rings (SSSR count). The van der Waals surface area contributed by atoms with E-state index < -0.39 is 0 Å². The molecule has 0 amide bonds. The zero-order valence-electron chi connectivity index (χ0n) is 17.3. The summed E-state index contributed by atoms with van der Waals surface area (Å²) in [5.74, 6) is 1.75. The van der Waals surface area contributed by atoms with E-state index in [1.165, 1.54) is 6.21 Å². The van der Waals surface area contributed by atoms with E-state index in [1.807, 2.05) is 6.92 Å². The Kier molecular flexibility index (Phi) is 5.74. The van der Waals surface area contributed by atoms with Crippen molar-refractivity contribution >= 4 is 17.7 Å². The van der Waals surface area contributed by atoms with Crippen molar-refractivity contribution in [1.29, 1.82) is 5.41 Å². The van der Waals surface area contributed by atoms with Crippen molar-refractivity contribution in [2.24, 2.45) is 0 Å². The Bertz CT molecular complexity index is 1220. The van der Waals surface area contributed by atoms with E-state index in [1.54, 1.807) is 54.5 Å². The van der Waals surface area contributed by atoms with Crippen molar-refractivity contribution < 1.29 is 4.74 Å². The molecule has 1 aliphatic heterocycles. The lowest BCUT2D eigenvalue weighted by atomic mass is 10.2. The van der Waals surface area contributed by atoms with Gasteiger partial charge in [-0.3, -0.25) is 14.3 Å². The van der Waals surface area contributed by atoms with E-state index in [0.29, 0.717) is 52.2 Å². The molecule has 0 aromatic carbocycles. The van der Waals surface area contributed by atoms with Crippen molar-refractivity contribution in [3.8, 4) is 22.8 Å². The molecular formula is C22H23N7O2. The van der Waals surface area contributed by atoms with Gasteiger partial charge in [-0.05, 0) is 31.5 Å². The van der Waals surface area contributed by atoms with Gasteiger partial charge < -0.3 is 20.8 Å². The molecule has 0 saturated heterocycles. The summed E-state index contributed by atoms with van der Waals surface area (Å²) in [6.07, 6.45) is 7.00. The number of aromatic nitrogens is 4. The van der Waals surface area contributed by atoms with Crippen LogP contribution in [0.3, 0.4) is 0 Å². The van der Waals surface area contributed by atoms with E-state index in [2.05, 4.69) is 25.6 Å². The van der Waals surface area contributed by atoms with Crippen LogP contribution in [0, 0.1) is 12.3 Å². The first-order valence-electron chi connectivity index (χ1n) is 9.94. The van der Waals surface area contributed by atoms with Crippen LogP contribution in [0.4, 0.5) is 5.95 Å². The number of nitrogens with zero attached hydrogens (tertiary/aromatic N) is 4. The molecule has 158 valence electrons. The molecule has 9 nitrogen and oxygen atoms in total. The number of hydrogen-bond donors (Lipinski definition) is 3. The highest BCUT2D eigenvalue weighted by Gasteiger charge is 2.16. The molecule has 1 aliphatic rings. The van der Waals surface area contributed by atoms with Gasteiger partial charge in [0.25, 0.3) is 5.56 Å². The number of nitrogens with one attached hydrogen (secondary N) is 3. The van der Waals surface area contributed by atoms with Gasteiger partial charge in [0.15, 0.2) is 0 Å². The molecule has 3 N–H and O–H groups in total. The minimum atomic E-state index is -0.105. The summed E-state index contributed by atoms with van der Waals surface area (Å²) < 4.78 is 7.65. The maximum Gasteiger partial charge on any atom is 0.264 e. The smallest absolute Gasteiger partial charge is 0.264 e. The average molecular weight is 417 g/mol. The van der Waals surface area contributed by atoms with Gasteiger partial charge in [-0.15, -0.1) is 0 Å². The number of fused-ring (bicyclic) bond motifs is 1. The van der Waals surface area contributed by atoms with E-state index >= 15 is 0 Å². The third-order valence-corrected chi connectivity index (χ3v) is 4.91. The summed E-state index contributed by atoms with van der Waals surface area (Å²) in [5, 5.41) is 13.6. The Hall–Kier alpha value is -4.01. The number of rotatable bonds is 6. The van der Waals surface area contributed by atoms with E-state index in [4.69, 9.17) is 10.1 Å². The van der Waals surface area contributed by atoms with Crippen molar-refractivity contribution in [3.63, 3.8) is 0 Å². The molecule has 0 atom stereocenters. The monoisotopic (exact) mass is 417 g/mol. The minimum Gasteiger partial charge on any atom is -0.455 e. The van der Waals surface area contributed by atoms with E-state index in [0.717, 1.165) is 13.0 Å². The largest absolute Gasteiger partial charge is 0.455 e. The van der Waals surface area contributed by atoms with E-state index in [9.17, 15) is 4.79 Å². The lowest BCUT2D eigenvalue weighted by molar-refractivity contribution is 0.475. The maximum atomic E-state index is 12.9. The van der Waals surface area contributed by atoms with Gasteiger partial charge in [0.05, 0.1) is 22.6 Å². The van der Waals surface area contributed by atoms with Gasteiger partial charge in [0.2, 0.25) is 5.95 Å². The first kappa shape index (κ1) is 20.3. The number of pyridine rings is 2. The van der Waals surface area contributed by atoms with Gasteiger partial charge in [-0.1, -0.05) is 0 Å². The first-order chi connectivity index (χ1) is 15.1. The number of aryl methyl sites for hydroxylation is 1. The molecule has 0 fully saturated rings. The Labute approximate surface area is 179 Å². The molecule has 3 aromatic heterocycles. The summed E-state index contributed by atoms with van der Waals surface area (Å²) in [4.78, 5) is 26.1. The average Bonchev–Trinajstić information content (AvgIpc) is 2.79. The number of anilines is 1. The van der Waals surface area contributed by atoms with Crippen LogP contribution in [-0.2, 0) is 6.54 Å². The highest BCUT2D eigenvalue weighted by molar-refractivity contribution is 6.07. The van der Waals surface area contributed by atoms with Crippen LogP contribution >= 0.6 is 0 Å². The topological polar surface area (TPSA) is 118 Å². The fourth-order valence-corrected chi connectivity index (χ4v) is 3.36. The van der Waals surface area contributed by atoms with Crippen molar-refractivity contribution in [2.75, 3.05) is 18.9 Å². The summed E-state index contributed by atoms with van der Waals surface area (Å²) >= 11 is 0. The summed E-state index contributed by atoms with van der Waals surface area (Å²) in [6, 6.07) is 7.05. The molecule has 9 heteroatoms. The molecule has 0 bridgehead atoms. The van der Waals surface area contributed by atoms with Crippen molar-refractivity contribution in [2.45, 2.75) is 19.9 Å². The van der Waals surface area contributed by atoms with Crippen LogP contribution in [0.15, 0.2) is 47.7 Å². The molecule has 3 aromatic rings. The fraction of sp³-hybridized carbons (Fsp3) is 0.227. The third-order valence-electron chi connectivity index (χ3n) is 4.91. The molecule has 31 heavy (non-hydrogen) atoms. The summed E-state index contributed by atoms with van der Waals surface area (Å²) in [5.41, 5.74) is 2.81. The van der Waals surface area contributed by atoms with Crippen molar-refractivity contribution in [3.05, 3.63) is 64.6 Å². The number of allylic oxidation sites excluding steroid dienone is 1. The standard InChI is InChI=1S/C22H23N7O2/c1-14-20(31-16-6-8-25-19(10-16)15(11-23)12-24-2)5-4-18(28-14)17-13-27-22-26-7-3-9-29(22)21(17)30/h4-6,8,10-13,23-24H,3,7,9H2,1-2H3,(H,26,27)/b15-12+,23-11?. The number of ether oxygens (including phenoxy) is 1. The molecule has 4 heterocycles. The third kappa shape index (κ3) is 4.16. The Morgan fingerprint density at radius 1 is 1.32 bits per heavy atom. The molecule has 0 unspecified atom stereocenters. The zero-order valence-corrected chi connectivity index (χ0v) is 17.3. The Morgan fingerprint density at radius 2 is 2.19 bits per heavy atom. The molecule has 0 spiro atoms. The Morgan fingerprint density at radius 3 is 2.97 bits per heavy atom. The molecule has 0 radical (unpaired) electrons. The van der Waals surface area contributed by atoms with Crippen LogP contribution in [-0.4, -0.2) is 39.3 Å². The van der Waals surface area contributed by atoms with Crippen LogP contribution in [0.5, 0.6) is 11.5 Å². The zero-order chi connectivity index (χ0) is 21.8. The second kappa shape index (κ2) is 8.78.